The molecule has 3 atom stereocenters. The van der Waals surface area contributed by atoms with Crippen LogP contribution in [0.3, 0.4) is 0 Å². The molecule has 5 rings (SSSR count). The van der Waals surface area contributed by atoms with E-state index < -0.39 is 17.6 Å². The highest BCUT2D eigenvalue weighted by atomic mass is 35.5. The molecule has 0 aromatic carbocycles. The number of β-amino-alcohol motifs (C(OH)–C–C–N with tert-alkyl or cyclic N) is 1. The van der Waals surface area contributed by atoms with Crippen LogP contribution >= 0.6 is 11.6 Å². The molecule has 11 heteroatoms. The van der Waals surface area contributed by atoms with Crippen LogP contribution in [0.4, 0.5) is 14.6 Å². The van der Waals surface area contributed by atoms with Crippen LogP contribution in [-0.2, 0) is 4.74 Å². The Morgan fingerprint density at radius 3 is 3.06 bits per heavy atom. The lowest BCUT2D eigenvalue weighted by atomic mass is 9.95. The highest BCUT2D eigenvalue weighted by Gasteiger charge is 2.49. The minimum Gasteiger partial charge on any atom is -0.461 e. The normalized spacial score (nSPS) is 31.2. The first-order valence-corrected chi connectivity index (χ1v) is 11.2. The van der Waals surface area contributed by atoms with Gasteiger partial charge in [-0.1, -0.05) is 11.6 Å². The van der Waals surface area contributed by atoms with Crippen LogP contribution in [0.25, 0.3) is 10.9 Å². The first kappa shape index (κ1) is 21.9. The Morgan fingerprint density at radius 2 is 2.22 bits per heavy atom. The zero-order valence-electron chi connectivity index (χ0n) is 17.9. The molecule has 32 heavy (non-hydrogen) atoms. The van der Waals surface area contributed by atoms with E-state index in [1.165, 1.54) is 6.20 Å². The van der Waals surface area contributed by atoms with Crippen molar-refractivity contribution < 1.29 is 23.4 Å². The Hall–Kier alpha value is -1.88. The summed E-state index contributed by atoms with van der Waals surface area (Å²) >= 11 is 5.91. The fourth-order valence-electron chi connectivity index (χ4n) is 5.14. The predicted octanol–water partition coefficient (Wildman–Crippen LogP) is 2.36. The Balaban J connectivity index is 1.51. The standard InChI is InChI=1S/C21H26ClF2N5O3/c1-20(30)10-28(5-6-31-11-20)18-14-8-25-17(22)15(24)16(14)26-19(27-18)32-12-21-3-2-4-29(21)9-13(23)7-21/h8,13,30H,2-7,9-12H2,1H3/t13-,20-,21-/m0/s1. The molecule has 8 nitrogen and oxygen atoms in total. The maximum Gasteiger partial charge on any atom is 0.319 e. The molecule has 3 aliphatic heterocycles. The predicted molar refractivity (Wildman–Crippen MR) is 115 cm³/mol. The van der Waals surface area contributed by atoms with Crippen molar-refractivity contribution in [3.05, 3.63) is 17.2 Å². The van der Waals surface area contributed by atoms with Gasteiger partial charge in [0.2, 0.25) is 0 Å². The van der Waals surface area contributed by atoms with E-state index in [9.17, 15) is 13.9 Å². The third-order valence-corrected chi connectivity index (χ3v) is 6.84. The fraction of sp³-hybridized carbons (Fsp3) is 0.667. The molecule has 0 bridgehead atoms. The average molecular weight is 470 g/mol. The molecule has 0 amide bonds. The fourth-order valence-corrected chi connectivity index (χ4v) is 5.27. The molecule has 3 fully saturated rings. The summed E-state index contributed by atoms with van der Waals surface area (Å²) in [5, 5.41) is 10.7. The monoisotopic (exact) mass is 469 g/mol. The van der Waals surface area contributed by atoms with Gasteiger partial charge in [-0.3, -0.25) is 4.90 Å². The summed E-state index contributed by atoms with van der Waals surface area (Å²) in [6, 6.07) is -0.0120. The van der Waals surface area contributed by atoms with Gasteiger partial charge in [-0.05, 0) is 26.3 Å². The Kier molecular flexibility index (Phi) is 5.59. The number of nitrogens with zero attached hydrogens (tertiary/aromatic N) is 5. The molecule has 2 aromatic heterocycles. The van der Waals surface area contributed by atoms with E-state index in [1.807, 2.05) is 4.90 Å². The third kappa shape index (κ3) is 3.98. The summed E-state index contributed by atoms with van der Waals surface area (Å²) in [4.78, 5) is 16.7. The van der Waals surface area contributed by atoms with Crippen molar-refractivity contribution in [1.29, 1.82) is 0 Å². The van der Waals surface area contributed by atoms with Crippen LogP contribution in [0.2, 0.25) is 5.15 Å². The van der Waals surface area contributed by atoms with Crippen LogP contribution in [0, 0.1) is 5.82 Å². The van der Waals surface area contributed by atoms with Gasteiger partial charge in [0.05, 0.1) is 30.7 Å². The lowest BCUT2D eigenvalue weighted by Crippen LogP contribution is -2.44. The Morgan fingerprint density at radius 1 is 1.38 bits per heavy atom. The highest BCUT2D eigenvalue weighted by Crippen LogP contribution is 2.40. The number of ether oxygens (including phenoxy) is 2. The number of pyridine rings is 1. The van der Waals surface area contributed by atoms with Gasteiger partial charge in [-0.15, -0.1) is 0 Å². The van der Waals surface area contributed by atoms with E-state index in [-0.39, 0.29) is 42.0 Å². The van der Waals surface area contributed by atoms with Crippen molar-refractivity contribution in [2.45, 2.75) is 43.5 Å². The maximum atomic E-state index is 14.9. The number of aliphatic hydroxyl groups is 1. The van der Waals surface area contributed by atoms with Crippen molar-refractivity contribution in [3.63, 3.8) is 0 Å². The molecule has 0 unspecified atom stereocenters. The molecule has 0 radical (unpaired) electrons. The van der Waals surface area contributed by atoms with Crippen LogP contribution in [0.1, 0.15) is 26.2 Å². The van der Waals surface area contributed by atoms with Gasteiger partial charge in [0.25, 0.3) is 0 Å². The quantitative estimate of drug-likeness (QED) is 0.683. The van der Waals surface area contributed by atoms with Gasteiger partial charge in [-0.25, -0.2) is 13.8 Å². The van der Waals surface area contributed by atoms with Crippen molar-refractivity contribution in [1.82, 2.24) is 19.9 Å². The third-order valence-electron chi connectivity index (χ3n) is 6.58. The van der Waals surface area contributed by atoms with Gasteiger partial charge in [0.1, 0.15) is 29.7 Å². The number of halogens is 3. The molecule has 174 valence electrons. The van der Waals surface area contributed by atoms with Gasteiger partial charge in [-0.2, -0.15) is 9.97 Å². The summed E-state index contributed by atoms with van der Waals surface area (Å²) in [5.74, 6) is -0.379. The van der Waals surface area contributed by atoms with Gasteiger partial charge < -0.3 is 19.5 Å². The van der Waals surface area contributed by atoms with E-state index >= 15 is 0 Å². The zero-order chi connectivity index (χ0) is 22.5. The molecule has 3 saturated heterocycles. The number of alkyl halides is 1. The molecular formula is C21H26ClF2N5O3. The minimum absolute atomic E-state index is 0.00891. The van der Waals surface area contributed by atoms with E-state index in [0.29, 0.717) is 37.3 Å². The topological polar surface area (TPSA) is 83.8 Å². The average Bonchev–Trinajstić information content (AvgIpc) is 3.19. The number of hydrogen-bond donors (Lipinski definition) is 1. The minimum atomic E-state index is -1.11. The molecule has 3 aliphatic rings. The van der Waals surface area contributed by atoms with Gasteiger partial charge in [0.15, 0.2) is 11.0 Å². The largest absolute Gasteiger partial charge is 0.461 e. The zero-order valence-corrected chi connectivity index (χ0v) is 18.6. The lowest BCUT2D eigenvalue weighted by Gasteiger charge is -2.31. The highest BCUT2D eigenvalue weighted by molar-refractivity contribution is 6.30. The Labute approximate surface area is 189 Å². The number of anilines is 1. The van der Waals surface area contributed by atoms with Crippen LogP contribution < -0.4 is 9.64 Å². The molecule has 0 aliphatic carbocycles. The molecule has 0 saturated carbocycles. The summed E-state index contributed by atoms with van der Waals surface area (Å²) in [6.45, 7) is 4.35. The van der Waals surface area contributed by atoms with Crippen LogP contribution in [-0.4, -0.2) is 88.3 Å². The molecule has 0 spiro atoms. The van der Waals surface area contributed by atoms with Crippen molar-refractivity contribution in [2.75, 3.05) is 50.9 Å². The number of fused-ring (bicyclic) bond motifs is 2. The number of rotatable bonds is 4. The van der Waals surface area contributed by atoms with E-state index in [2.05, 4.69) is 19.9 Å². The summed E-state index contributed by atoms with van der Waals surface area (Å²) < 4.78 is 40.5. The van der Waals surface area contributed by atoms with Crippen molar-refractivity contribution >= 4 is 28.3 Å². The number of hydrogen-bond acceptors (Lipinski definition) is 8. The summed E-state index contributed by atoms with van der Waals surface area (Å²) in [5.41, 5.74) is -1.51. The molecular weight excluding hydrogens is 444 g/mol. The first-order chi connectivity index (χ1) is 15.3. The lowest BCUT2D eigenvalue weighted by molar-refractivity contribution is -0.0123. The number of aromatic nitrogens is 3. The van der Waals surface area contributed by atoms with E-state index in [4.69, 9.17) is 21.1 Å². The maximum absolute atomic E-state index is 14.9. The second kappa shape index (κ2) is 8.16. The van der Waals surface area contributed by atoms with Crippen molar-refractivity contribution in [3.8, 4) is 6.01 Å². The van der Waals surface area contributed by atoms with E-state index in [0.717, 1.165) is 19.4 Å². The van der Waals surface area contributed by atoms with Crippen LogP contribution in [0.15, 0.2) is 6.20 Å². The van der Waals surface area contributed by atoms with E-state index in [1.54, 1.807) is 6.92 Å². The smallest absolute Gasteiger partial charge is 0.319 e. The van der Waals surface area contributed by atoms with Gasteiger partial charge >= 0.3 is 6.01 Å². The molecule has 2 aromatic rings. The summed E-state index contributed by atoms with van der Waals surface area (Å²) in [6.07, 6.45) is 2.77. The second-order valence-electron chi connectivity index (χ2n) is 9.29. The Bertz CT molecular complexity index is 1030. The van der Waals surface area contributed by atoms with Crippen molar-refractivity contribution in [2.24, 2.45) is 0 Å². The second-order valence-corrected chi connectivity index (χ2v) is 9.65. The molecule has 5 heterocycles. The SMILES string of the molecule is C[C@@]1(O)COCCN(c2nc(OC[C@@]34CCCN3C[C@@H](F)C4)nc3c(F)c(Cl)ncc23)C1. The van der Waals surface area contributed by atoms with Crippen LogP contribution in [0.5, 0.6) is 6.01 Å². The first-order valence-electron chi connectivity index (χ1n) is 10.9. The summed E-state index contributed by atoms with van der Waals surface area (Å²) in [7, 11) is 0. The molecule has 1 N–H and O–H groups in total. The van der Waals surface area contributed by atoms with Gasteiger partial charge in [0, 0.05) is 25.7 Å².